The van der Waals surface area contributed by atoms with Gasteiger partial charge in [-0.15, -0.1) is 0 Å². The molecule has 3 rings (SSSR count). The molecule has 0 aromatic carbocycles. The molecule has 19 heavy (non-hydrogen) atoms. The van der Waals surface area contributed by atoms with Crippen LogP contribution in [0.2, 0.25) is 0 Å². The van der Waals surface area contributed by atoms with E-state index in [1.165, 1.54) is 25.7 Å². The molecule has 1 fully saturated rings. The van der Waals surface area contributed by atoms with Gasteiger partial charge in [0.25, 0.3) is 0 Å². The number of anilines is 2. The number of aromatic amines is 1. The summed E-state index contributed by atoms with van der Waals surface area (Å²) in [7, 11) is 0. The molecule has 0 radical (unpaired) electrons. The van der Waals surface area contributed by atoms with E-state index in [4.69, 9.17) is 5.73 Å². The SMILES string of the molecule is CSC1(CNc2nc(N)nc3[nH]ncc23)CCCC1. The number of aromatic nitrogens is 4. The Labute approximate surface area is 116 Å². The molecule has 102 valence electrons. The van der Waals surface area contributed by atoms with Crippen molar-refractivity contribution in [2.24, 2.45) is 0 Å². The highest BCUT2D eigenvalue weighted by molar-refractivity contribution is 8.00. The zero-order valence-electron chi connectivity index (χ0n) is 10.9. The number of fused-ring (bicyclic) bond motifs is 1. The van der Waals surface area contributed by atoms with Crippen molar-refractivity contribution >= 4 is 34.6 Å². The van der Waals surface area contributed by atoms with Crippen molar-refractivity contribution in [1.82, 2.24) is 20.2 Å². The maximum Gasteiger partial charge on any atom is 0.224 e. The third-order valence-corrected chi connectivity index (χ3v) is 5.27. The van der Waals surface area contributed by atoms with E-state index in [1.54, 1.807) is 6.20 Å². The topological polar surface area (TPSA) is 92.5 Å². The molecule has 2 aromatic heterocycles. The number of nitrogen functional groups attached to an aromatic ring is 1. The largest absolute Gasteiger partial charge is 0.368 e. The number of nitrogens with two attached hydrogens (primary N) is 1. The van der Waals surface area contributed by atoms with Crippen LogP contribution in [0.5, 0.6) is 0 Å². The second-order valence-electron chi connectivity index (χ2n) is 5.01. The van der Waals surface area contributed by atoms with Gasteiger partial charge in [-0.05, 0) is 19.1 Å². The number of thioether (sulfide) groups is 1. The van der Waals surface area contributed by atoms with Crippen LogP contribution in [-0.4, -0.2) is 37.7 Å². The highest BCUT2D eigenvalue weighted by Gasteiger charge is 2.32. The van der Waals surface area contributed by atoms with Crippen LogP contribution in [0.15, 0.2) is 6.20 Å². The van der Waals surface area contributed by atoms with Gasteiger partial charge in [-0.25, -0.2) is 0 Å². The number of hydrogen-bond acceptors (Lipinski definition) is 6. The third-order valence-electron chi connectivity index (χ3n) is 3.85. The average molecular weight is 278 g/mol. The molecule has 0 saturated heterocycles. The number of hydrogen-bond donors (Lipinski definition) is 3. The molecule has 1 aliphatic carbocycles. The molecule has 2 aromatic rings. The molecular weight excluding hydrogens is 260 g/mol. The molecule has 0 bridgehead atoms. The quantitative estimate of drug-likeness (QED) is 0.792. The second-order valence-corrected chi connectivity index (χ2v) is 6.28. The maximum absolute atomic E-state index is 5.72. The minimum absolute atomic E-state index is 0.267. The fourth-order valence-electron chi connectivity index (χ4n) is 2.70. The van der Waals surface area contributed by atoms with Gasteiger partial charge in [0, 0.05) is 11.3 Å². The standard InChI is InChI=1S/C12H18N6S/c1-19-12(4-2-3-5-12)7-14-9-8-6-15-18-10(8)17-11(13)16-9/h6H,2-5,7H2,1H3,(H4,13,14,15,16,17,18). The van der Waals surface area contributed by atoms with Crippen LogP contribution in [0.4, 0.5) is 11.8 Å². The lowest BCUT2D eigenvalue weighted by Gasteiger charge is -2.27. The lowest BCUT2D eigenvalue weighted by molar-refractivity contribution is 0.639. The number of rotatable bonds is 4. The molecule has 1 aliphatic rings. The van der Waals surface area contributed by atoms with E-state index in [1.807, 2.05) is 11.8 Å². The van der Waals surface area contributed by atoms with Gasteiger partial charge < -0.3 is 11.1 Å². The van der Waals surface area contributed by atoms with Crippen LogP contribution in [0.1, 0.15) is 25.7 Å². The molecule has 7 heteroatoms. The van der Waals surface area contributed by atoms with E-state index >= 15 is 0 Å². The zero-order valence-corrected chi connectivity index (χ0v) is 11.8. The first-order valence-electron chi connectivity index (χ1n) is 6.48. The minimum atomic E-state index is 0.267. The molecule has 6 nitrogen and oxygen atoms in total. The Kier molecular flexibility index (Phi) is 3.22. The van der Waals surface area contributed by atoms with E-state index in [0.717, 1.165) is 17.7 Å². The van der Waals surface area contributed by atoms with Crippen molar-refractivity contribution in [2.45, 2.75) is 30.4 Å². The summed E-state index contributed by atoms with van der Waals surface area (Å²) < 4.78 is 0.329. The van der Waals surface area contributed by atoms with E-state index in [-0.39, 0.29) is 5.95 Å². The molecular formula is C12H18N6S. The van der Waals surface area contributed by atoms with Gasteiger partial charge in [-0.2, -0.15) is 26.8 Å². The van der Waals surface area contributed by atoms with Crippen molar-refractivity contribution in [3.63, 3.8) is 0 Å². The Hall–Kier alpha value is -1.50. The fourth-order valence-corrected chi connectivity index (χ4v) is 3.62. The summed E-state index contributed by atoms with van der Waals surface area (Å²) in [6.45, 7) is 0.908. The molecule has 0 atom stereocenters. The molecule has 2 heterocycles. The Morgan fingerprint density at radius 3 is 2.95 bits per heavy atom. The van der Waals surface area contributed by atoms with Crippen LogP contribution < -0.4 is 11.1 Å². The van der Waals surface area contributed by atoms with Crippen molar-refractivity contribution in [1.29, 1.82) is 0 Å². The highest BCUT2D eigenvalue weighted by Crippen LogP contribution is 2.40. The first kappa shape index (κ1) is 12.5. The van der Waals surface area contributed by atoms with Crippen LogP contribution in [0, 0.1) is 0 Å². The Balaban J connectivity index is 1.83. The fraction of sp³-hybridized carbons (Fsp3) is 0.583. The van der Waals surface area contributed by atoms with Gasteiger partial charge in [0.05, 0.1) is 11.6 Å². The number of nitrogens with one attached hydrogen (secondary N) is 2. The van der Waals surface area contributed by atoms with Crippen LogP contribution in [0.3, 0.4) is 0 Å². The minimum Gasteiger partial charge on any atom is -0.368 e. The van der Waals surface area contributed by atoms with E-state index < -0.39 is 0 Å². The number of H-pyrrole nitrogens is 1. The molecule has 1 saturated carbocycles. The first-order valence-corrected chi connectivity index (χ1v) is 7.70. The van der Waals surface area contributed by atoms with Gasteiger partial charge in [-0.3, -0.25) is 5.10 Å². The summed E-state index contributed by atoms with van der Waals surface area (Å²) in [5.74, 6) is 1.04. The summed E-state index contributed by atoms with van der Waals surface area (Å²) in [6.07, 6.45) is 9.07. The highest BCUT2D eigenvalue weighted by atomic mass is 32.2. The molecule has 4 N–H and O–H groups in total. The summed E-state index contributed by atoms with van der Waals surface area (Å²) in [5, 5.41) is 11.1. The molecule has 0 aliphatic heterocycles. The first-order chi connectivity index (χ1) is 9.22. The Morgan fingerprint density at radius 2 is 2.21 bits per heavy atom. The predicted molar refractivity (Wildman–Crippen MR) is 79.3 cm³/mol. The smallest absolute Gasteiger partial charge is 0.224 e. The van der Waals surface area contributed by atoms with E-state index in [2.05, 4.69) is 31.7 Å². The van der Waals surface area contributed by atoms with Crippen molar-refractivity contribution in [3.05, 3.63) is 6.20 Å². The average Bonchev–Trinajstić information content (AvgIpc) is 3.05. The van der Waals surface area contributed by atoms with Gasteiger partial charge >= 0.3 is 0 Å². The van der Waals surface area contributed by atoms with E-state index in [9.17, 15) is 0 Å². The summed E-state index contributed by atoms with van der Waals surface area (Å²) in [4.78, 5) is 8.40. The van der Waals surface area contributed by atoms with Crippen molar-refractivity contribution in [2.75, 3.05) is 23.9 Å². The monoisotopic (exact) mass is 278 g/mol. The van der Waals surface area contributed by atoms with E-state index in [0.29, 0.717) is 10.4 Å². The van der Waals surface area contributed by atoms with Gasteiger partial charge in [-0.1, -0.05) is 12.8 Å². The molecule has 0 spiro atoms. The molecule has 0 unspecified atom stereocenters. The Bertz CT molecular complexity index is 575. The van der Waals surface area contributed by atoms with Gasteiger partial charge in [0.15, 0.2) is 5.65 Å². The van der Waals surface area contributed by atoms with Gasteiger partial charge in [0.1, 0.15) is 5.82 Å². The number of nitrogens with zero attached hydrogens (tertiary/aromatic N) is 3. The van der Waals surface area contributed by atoms with Crippen LogP contribution >= 0.6 is 11.8 Å². The summed E-state index contributed by atoms with van der Waals surface area (Å²) in [6, 6.07) is 0. The van der Waals surface area contributed by atoms with Crippen molar-refractivity contribution < 1.29 is 0 Å². The predicted octanol–water partition coefficient (Wildman–Crippen LogP) is 2.02. The van der Waals surface area contributed by atoms with Gasteiger partial charge in [0.2, 0.25) is 5.95 Å². The molecule has 0 amide bonds. The van der Waals surface area contributed by atoms with Crippen molar-refractivity contribution in [3.8, 4) is 0 Å². The zero-order chi connectivity index (χ0) is 13.3. The maximum atomic E-state index is 5.72. The van der Waals surface area contributed by atoms with Crippen LogP contribution in [-0.2, 0) is 0 Å². The lowest BCUT2D eigenvalue weighted by atomic mass is 10.1. The third kappa shape index (κ3) is 2.34. The second kappa shape index (κ2) is 4.88. The Morgan fingerprint density at radius 1 is 1.42 bits per heavy atom. The normalized spacial score (nSPS) is 17.9. The summed E-state index contributed by atoms with van der Waals surface area (Å²) in [5.41, 5.74) is 6.40. The van der Waals surface area contributed by atoms with Crippen LogP contribution in [0.25, 0.3) is 11.0 Å². The lowest BCUT2D eigenvalue weighted by Crippen LogP contribution is -2.30. The summed E-state index contributed by atoms with van der Waals surface area (Å²) >= 11 is 1.95.